The van der Waals surface area contributed by atoms with Gasteiger partial charge < -0.3 is 21.5 Å². The van der Waals surface area contributed by atoms with Gasteiger partial charge in [-0.2, -0.15) is 0 Å². The van der Waals surface area contributed by atoms with Gasteiger partial charge in [0.2, 0.25) is 5.91 Å². The molecule has 0 fully saturated rings. The predicted octanol–water partition coefficient (Wildman–Crippen LogP) is -0.260. The van der Waals surface area contributed by atoms with Crippen LogP contribution in [-0.4, -0.2) is 30.9 Å². The molecule has 0 heterocycles. The minimum Gasteiger partial charge on any atom is -0.463 e. The first-order chi connectivity index (χ1) is 9.60. The number of para-hydroxylation sites is 1. The summed E-state index contributed by atoms with van der Waals surface area (Å²) in [5, 5.41) is 13.1. The van der Waals surface area contributed by atoms with Crippen molar-refractivity contribution < 1.29 is 19.2 Å². The van der Waals surface area contributed by atoms with Gasteiger partial charge in [-0.15, -0.1) is 0 Å². The zero-order valence-electron chi connectivity index (χ0n) is 10.9. The van der Waals surface area contributed by atoms with Gasteiger partial charge in [-0.1, -0.05) is 12.1 Å². The van der Waals surface area contributed by atoms with Crippen molar-refractivity contribution in [2.24, 2.45) is 11.5 Å². The Morgan fingerprint density at radius 3 is 2.65 bits per heavy atom. The first kappa shape index (κ1) is 17.5. The number of anilines is 1. The molecule has 1 rings (SSSR count). The van der Waals surface area contributed by atoms with Crippen LogP contribution in [0.25, 0.3) is 0 Å². The van der Waals surface area contributed by atoms with Crippen molar-refractivity contribution in [3.8, 4) is 0 Å². The Balaban J connectivity index is 0.00000172. The van der Waals surface area contributed by atoms with E-state index in [1.54, 1.807) is 0 Å². The minimum absolute atomic E-state index is 0.0141. The number of hydrogen-bond acceptors (Lipinski definition) is 7. The molecule has 1 amide bonds. The van der Waals surface area contributed by atoms with Crippen LogP contribution in [0, 0.1) is 10.1 Å². The standard InChI is InChI=1S/C10H11N3O5.CH5N/c11-4-9(15)12-10-7(5-18-6-14)2-1-3-8(10)13(16)17;1-2/h1-3,6H,4-5,11H2,(H,12,15);2H2,1H3. The van der Waals surface area contributed by atoms with Crippen molar-refractivity contribution in [3.05, 3.63) is 33.9 Å². The quantitative estimate of drug-likeness (QED) is 0.370. The Hall–Kier alpha value is -2.52. The number of nitrogens with one attached hydrogen (secondary N) is 1. The average Bonchev–Trinajstić information content (AvgIpc) is 2.47. The maximum absolute atomic E-state index is 11.2. The maximum atomic E-state index is 11.2. The van der Waals surface area contributed by atoms with Crippen LogP contribution in [0.1, 0.15) is 5.56 Å². The lowest BCUT2D eigenvalue weighted by molar-refractivity contribution is -0.384. The first-order valence-corrected chi connectivity index (χ1v) is 5.49. The summed E-state index contributed by atoms with van der Waals surface area (Å²) in [6.07, 6.45) is 0. The third-order valence-corrected chi connectivity index (χ3v) is 2.08. The molecular weight excluding hydrogens is 268 g/mol. The van der Waals surface area contributed by atoms with Gasteiger partial charge in [0.1, 0.15) is 12.3 Å². The molecule has 0 saturated carbocycles. The van der Waals surface area contributed by atoms with Crippen LogP contribution in [0.4, 0.5) is 11.4 Å². The van der Waals surface area contributed by atoms with E-state index in [2.05, 4.69) is 15.8 Å². The number of ether oxygens (including phenoxy) is 1. The molecule has 5 N–H and O–H groups in total. The zero-order valence-corrected chi connectivity index (χ0v) is 10.9. The molecule has 0 spiro atoms. The lowest BCUT2D eigenvalue weighted by Crippen LogP contribution is -2.23. The van der Waals surface area contributed by atoms with Gasteiger partial charge in [-0.25, -0.2) is 0 Å². The number of amides is 1. The molecule has 0 aromatic heterocycles. The van der Waals surface area contributed by atoms with Crippen molar-refractivity contribution in [2.75, 3.05) is 18.9 Å². The molecule has 1 aromatic rings. The summed E-state index contributed by atoms with van der Waals surface area (Å²) in [6.45, 7) is -0.265. The van der Waals surface area contributed by atoms with E-state index < -0.39 is 10.8 Å². The highest BCUT2D eigenvalue weighted by atomic mass is 16.6. The fourth-order valence-corrected chi connectivity index (χ4v) is 1.32. The van der Waals surface area contributed by atoms with Crippen molar-refractivity contribution in [1.29, 1.82) is 0 Å². The number of carbonyl (C=O) groups is 2. The normalized spacial score (nSPS) is 8.95. The monoisotopic (exact) mass is 284 g/mol. The predicted molar refractivity (Wildman–Crippen MR) is 71.7 cm³/mol. The van der Waals surface area contributed by atoms with Crippen LogP contribution in [0.2, 0.25) is 0 Å². The van der Waals surface area contributed by atoms with Gasteiger partial charge >= 0.3 is 0 Å². The number of nitrogens with two attached hydrogens (primary N) is 2. The number of nitro groups is 1. The van der Waals surface area contributed by atoms with Gasteiger partial charge in [0.05, 0.1) is 11.5 Å². The minimum atomic E-state index is -0.642. The number of benzene rings is 1. The maximum Gasteiger partial charge on any atom is 0.293 e. The second kappa shape index (κ2) is 9.42. The molecule has 1 aromatic carbocycles. The molecule has 9 heteroatoms. The molecule has 0 aliphatic heterocycles. The second-order valence-corrected chi connectivity index (χ2v) is 3.23. The number of nitrogens with zero attached hydrogens (tertiary/aromatic N) is 1. The molecule has 0 saturated heterocycles. The van der Waals surface area contributed by atoms with Crippen LogP contribution in [0.3, 0.4) is 0 Å². The summed E-state index contributed by atoms with van der Waals surface area (Å²) in [5.74, 6) is -0.573. The van der Waals surface area contributed by atoms with Crippen molar-refractivity contribution >= 4 is 23.8 Å². The molecule has 110 valence electrons. The van der Waals surface area contributed by atoms with Crippen LogP contribution < -0.4 is 16.8 Å². The molecular formula is C11H16N4O5. The fraction of sp³-hybridized carbons (Fsp3) is 0.273. The van der Waals surface area contributed by atoms with Gasteiger partial charge in [0.15, 0.2) is 0 Å². The highest BCUT2D eigenvalue weighted by molar-refractivity contribution is 5.95. The highest BCUT2D eigenvalue weighted by Crippen LogP contribution is 2.28. The number of rotatable bonds is 6. The van der Waals surface area contributed by atoms with Crippen LogP contribution in [0.5, 0.6) is 0 Å². The van der Waals surface area contributed by atoms with Crippen LogP contribution in [0.15, 0.2) is 18.2 Å². The van der Waals surface area contributed by atoms with E-state index in [1.807, 2.05) is 0 Å². The summed E-state index contributed by atoms with van der Waals surface area (Å²) < 4.78 is 4.52. The number of carbonyl (C=O) groups excluding carboxylic acids is 2. The Morgan fingerprint density at radius 2 is 2.15 bits per heavy atom. The smallest absolute Gasteiger partial charge is 0.293 e. The third kappa shape index (κ3) is 5.00. The molecule has 0 atom stereocenters. The van der Waals surface area contributed by atoms with Gasteiger partial charge in [-0.05, 0) is 7.05 Å². The third-order valence-electron chi connectivity index (χ3n) is 2.08. The summed E-state index contributed by atoms with van der Waals surface area (Å²) in [4.78, 5) is 31.5. The lowest BCUT2D eigenvalue weighted by atomic mass is 10.1. The van der Waals surface area contributed by atoms with Crippen molar-refractivity contribution in [2.45, 2.75) is 6.61 Å². The molecule has 0 radical (unpaired) electrons. The van der Waals surface area contributed by atoms with E-state index >= 15 is 0 Å². The molecule has 0 unspecified atom stereocenters. The molecule has 9 nitrogen and oxygen atoms in total. The Bertz CT molecular complexity index is 478. The number of hydrogen-bond donors (Lipinski definition) is 3. The van der Waals surface area contributed by atoms with Crippen molar-refractivity contribution in [3.63, 3.8) is 0 Å². The second-order valence-electron chi connectivity index (χ2n) is 3.23. The Labute approximate surface area is 115 Å². The van der Waals surface area contributed by atoms with E-state index in [0.717, 1.165) is 0 Å². The molecule has 0 bridgehead atoms. The topological polar surface area (TPSA) is 151 Å². The number of nitro benzene ring substituents is 1. The summed E-state index contributed by atoms with van der Waals surface area (Å²) >= 11 is 0. The lowest BCUT2D eigenvalue weighted by Gasteiger charge is -2.10. The van der Waals surface area contributed by atoms with E-state index in [4.69, 9.17) is 5.73 Å². The summed E-state index contributed by atoms with van der Waals surface area (Å²) in [7, 11) is 1.50. The summed E-state index contributed by atoms with van der Waals surface area (Å²) in [6, 6.07) is 4.17. The fourth-order valence-electron chi connectivity index (χ4n) is 1.32. The Morgan fingerprint density at radius 1 is 1.50 bits per heavy atom. The van der Waals surface area contributed by atoms with Gasteiger partial charge in [0, 0.05) is 11.6 Å². The first-order valence-electron chi connectivity index (χ1n) is 5.49. The molecule has 20 heavy (non-hydrogen) atoms. The Kier molecular flexibility index (Phi) is 8.23. The van der Waals surface area contributed by atoms with E-state index in [-0.39, 0.29) is 31.0 Å². The summed E-state index contributed by atoms with van der Waals surface area (Å²) in [5.41, 5.74) is 9.64. The van der Waals surface area contributed by atoms with Gasteiger partial charge in [-0.3, -0.25) is 19.7 Å². The van der Waals surface area contributed by atoms with E-state index in [1.165, 1.54) is 25.2 Å². The zero-order chi connectivity index (χ0) is 15.5. The van der Waals surface area contributed by atoms with E-state index in [0.29, 0.717) is 5.56 Å². The van der Waals surface area contributed by atoms with Crippen LogP contribution >= 0.6 is 0 Å². The SMILES string of the molecule is CN.NCC(=O)Nc1c(COC=O)cccc1[N+](=O)[O-]. The van der Waals surface area contributed by atoms with Crippen molar-refractivity contribution in [1.82, 2.24) is 0 Å². The van der Waals surface area contributed by atoms with Gasteiger partial charge in [0.25, 0.3) is 12.2 Å². The highest BCUT2D eigenvalue weighted by Gasteiger charge is 2.19. The van der Waals surface area contributed by atoms with E-state index in [9.17, 15) is 19.7 Å². The molecule has 0 aliphatic carbocycles. The molecule has 0 aliphatic rings. The largest absolute Gasteiger partial charge is 0.463 e. The van der Waals surface area contributed by atoms with Crippen LogP contribution in [-0.2, 0) is 20.9 Å². The average molecular weight is 284 g/mol.